The zero-order valence-electron chi connectivity index (χ0n) is 10.7. The quantitative estimate of drug-likeness (QED) is 0.806. The monoisotopic (exact) mass is 239 g/mol. The van der Waals surface area contributed by atoms with Crippen molar-refractivity contribution in [2.45, 2.75) is 39.7 Å². The maximum atomic E-state index is 6.32. The van der Waals surface area contributed by atoms with E-state index in [9.17, 15) is 0 Å². The summed E-state index contributed by atoms with van der Waals surface area (Å²) < 4.78 is 0. The first-order valence-electron chi connectivity index (χ1n) is 6.07. The normalized spacial score (nSPS) is 13.1. The highest BCUT2D eigenvalue weighted by Crippen LogP contribution is 2.32. The van der Waals surface area contributed by atoms with Crippen molar-refractivity contribution in [3.05, 3.63) is 34.3 Å². The zero-order chi connectivity index (χ0) is 12.1. The molecule has 1 unspecified atom stereocenters. The van der Waals surface area contributed by atoms with Crippen molar-refractivity contribution in [3.63, 3.8) is 0 Å². The van der Waals surface area contributed by atoms with Gasteiger partial charge in [0.2, 0.25) is 0 Å². The van der Waals surface area contributed by atoms with Gasteiger partial charge in [-0.15, -0.1) is 0 Å². The molecule has 1 atom stereocenters. The van der Waals surface area contributed by atoms with E-state index in [4.69, 9.17) is 11.6 Å². The summed E-state index contributed by atoms with van der Waals surface area (Å²) in [5.74, 6) is 0.644. The van der Waals surface area contributed by atoms with Gasteiger partial charge in [-0.2, -0.15) is 0 Å². The minimum absolute atomic E-state index is 0.364. The molecule has 0 radical (unpaired) electrons. The Kier molecular flexibility index (Phi) is 5.30. The van der Waals surface area contributed by atoms with E-state index in [1.807, 2.05) is 13.1 Å². The third-order valence-electron chi connectivity index (χ3n) is 3.32. The van der Waals surface area contributed by atoms with Gasteiger partial charge in [-0.3, -0.25) is 0 Å². The number of benzene rings is 1. The molecular weight excluding hydrogens is 218 g/mol. The molecule has 0 aliphatic carbocycles. The third-order valence-corrected chi connectivity index (χ3v) is 3.65. The van der Waals surface area contributed by atoms with E-state index in [0.29, 0.717) is 12.0 Å². The molecule has 0 aliphatic rings. The fourth-order valence-corrected chi connectivity index (χ4v) is 2.64. The molecule has 1 aromatic rings. The van der Waals surface area contributed by atoms with Gasteiger partial charge < -0.3 is 5.32 Å². The van der Waals surface area contributed by atoms with Crippen LogP contribution in [-0.2, 0) is 0 Å². The molecule has 1 nitrogen and oxygen atoms in total. The molecule has 0 aliphatic heterocycles. The summed E-state index contributed by atoms with van der Waals surface area (Å²) in [6.45, 7) is 6.54. The van der Waals surface area contributed by atoms with E-state index >= 15 is 0 Å². The number of aryl methyl sites for hydroxylation is 1. The molecular formula is C14H22ClN. The predicted molar refractivity (Wildman–Crippen MR) is 72.1 cm³/mol. The fraction of sp³-hybridized carbons (Fsp3) is 0.571. The molecule has 1 N–H and O–H groups in total. The van der Waals surface area contributed by atoms with Crippen LogP contribution in [0.3, 0.4) is 0 Å². The molecule has 0 saturated carbocycles. The highest BCUT2D eigenvalue weighted by atomic mass is 35.5. The summed E-state index contributed by atoms with van der Waals surface area (Å²) in [6.07, 6.45) is 2.35. The topological polar surface area (TPSA) is 12.0 Å². The van der Waals surface area contributed by atoms with Gasteiger partial charge in [0, 0.05) is 11.1 Å². The summed E-state index contributed by atoms with van der Waals surface area (Å²) in [4.78, 5) is 0. The fourth-order valence-electron chi connectivity index (χ4n) is 2.29. The van der Waals surface area contributed by atoms with Gasteiger partial charge >= 0.3 is 0 Å². The van der Waals surface area contributed by atoms with Crippen molar-refractivity contribution < 1.29 is 0 Å². The van der Waals surface area contributed by atoms with Crippen molar-refractivity contribution in [2.24, 2.45) is 5.92 Å². The Bertz CT molecular complexity index is 332. The first kappa shape index (κ1) is 13.5. The maximum Gasteiger partial charge on any atom is 0.0456 e. The average Bonchev–Trinajstić information content (AvgIpc) is 2.27. The van der Waals surface area contributed by atoms with Gasteiger partial charge in [-0.25, -0.2) is 0 Å². The Morgan fingerprint density at radius 3 is 2.31 bits per heavy atom. The molecule has 90 valence electrons. The lowest BCUT2D eigenvalue weighted by Gasteiger charge is -2.26. The van der Waals surface area contributed by atoms with Crippen molar-refractivity contribution in [1.29, 1.82) is 0 Å². The molecule has 1 aromatic carbocycles. The van der Waals surface area contributed by atoms with Crippen molar-refractivity contribution in [1.82, 2.24) is 5.32 Å². The Morgan fingerprint density at radius 1 is 1.25 bits per heavy atom. The van der Waals surface area contributed by atoms with E-state index in [1.165, 1.54) is 24.0 Å². The molecule has 0 saturated heterocycles. The number of nitrogens with one attached hydrogen (secondary N) is 1. The van der Waals surface area contributed by atoms with Crippen molar-refractivity contribution >= 4 is 11.6 Å². The Labute approximate surface area is 104 Å². The van der Waals surface area contributed by atoms with Gasteiger partial charge in [0.1, 0.15) is 0 Å². The summed E-state index contributed by atoms with van der Waals surface area (Å²) in [6, 6.07) is 6.69. The lowest BCUT2D eigenvalue weighted by atomic mass is 9.88. The average molecular weight is 240 g/mol. The van der Waals surface area contributed by atoms with E-state index in [0.717, 1.165) is 5.02 Å². The Hall–Kier alpha value is -0.530. The van der Waals surface area contributed by atoms with Gasteiger partial charge in [0.15, 0.2) is 0 Å². The summed E-state index contributed by atoms with van der Waals surface area (Å²) in [5, 5.41) is 4.28. The van der Waals surface area contributed by atoms with Gasteiger partial charge in [0.05, 0.1) is 0 Å². The summed E-state index contributed by atoms with van der Waals surface area (Å²) in [5.41, 5.74) is 2.44. The lowest BCUT2D eigenvalue weighted by molar-refractivity contribution is 0.360. The predicted octanol–water partition coefficient (Wildman–Crippen LogP) is 4.35. The Morgan fingerprint density at radius 2 is 1.88 bits per heavy atom. The zero-order valence-corrected chi connectivity index (χ0v) is 11.4. The number of hydrogen-bond donors (Lipinski definition) is 1. The molecule has 16 heavy (non-hydrogen) atoms. The summed E-state index contributed by atoms with van der Waals surface area (Å²) in [7, 11) is 2.01. The van der Waals surface area contributed by atoms with Gasteiger partial charge in [-0.05, 0) is 37.1 Å². The molecule has 0 bridgehead atoms. The molecule has 0 aromatic heterocycles. The van der Waals surface area contributed by atoms with Crippen LogP contribution in [-0.4, -0.2) is 7.05 Å². The molecule has 0 fully saturated rings. The second-order valence-corrected chi connectivity index (χ2v) is 4.78. The second kappa shape index (κ2) is 6.27. The van der Waals surface area contributed by atoms with Crippen LogP contribution < -0.4 is 5.32 Å². The molecule has 2 heteroatoms. The van der Waals surface area contributed by atoms with Gasteiger partial charge in [-0.1, -0.05) is 50.4 Å². The Balaban J connectivity index is 3.03. The first-order chi connectivity index (χ1) is 7.63. The van der Waals surface area contributed by atoms with E-state index in [2.05, 4.69) is 38.2 Å². The minimum atomic E-state index is 0.364. The van der Waals surface area contributed by atoms with Crippen LogP contribution >= 0.6 is 11.6 Å². The minimum Gasteiger partial charge on any atom is -0.313 e. The number of rotatable bonds is 5. The van der Waals surface area contributed by atoms with E-state index in [-0.39, 0.29) is 0 Å². The highest BCUT2D eigenvalue weighted by molar-refractivity contribution is 6.31. The second-order valence-electron chi connectivity index (χ2n) is 4.37. The van der Waals surface area contributed by atoms with Crippen LogP contribution in [0.25, 0.3) is 0 Å². The summed E-state index contributed by atoms with van der Waals surface area (Å²) >= 11 is 6.32. The van der Waals surface area contributed by atoms with Crippen LogP contribution in [0.1, 0.15) is 43.9 Å². The lowest BCUT2D eigenvalue weighted by Crippen LogP contribution is -2.24. The van der Waals surface area contributed by atoms with E-state index in [1.54, 1.807) is 0 Å². The van der Waals surface area contributed by atoms with Crippen molar-refractivity contribution in [3.8, 4) is 0 Å². The number of halogens is 1. The van der Waals surface area contributed by atoms with Crippen LogP contribution in [0.2, 0.25) is 5.02 Å². The standard InChI is InChI=1S/C14H22ClN/c1-5-11(6-2)14(16-4)12-8-7-10(3)9-13(12)15/h7-9,11,14,16H,5-6H2,1-4H3. The smallest absolute Gasteiger partial charge is 0.0456 e. The molecule has 0 amide bonds. The van der Waals surface area contributed by atoms with E-state index < -0.39 is 0 Å². The van der Waals surface area contributed by atoms with Crippen LogP contribution in [0, 0.1) is 12.8 Å². The highest BCUT2D eigenvalue weighted by Gasteiger charge is 2.20. The first-order valence-corrected chi connectivity index (χ1v) is 6.45. The van der Waals surface area contributed by atoms with Gasteiger partial charge in [0.25, 0.3) is 0 Å². The van der Waals surface area contributed by atoms with Crippen LogP contribution in [0.4, 0.5) is 0 Å². The number of hydrogen-bond acceptors (Lipinski definition) is 1. The van der Waals surface area contributed by atoms with Crippen molar-refractivity contribution in [2.75, 3.05) is 7.05 Å². The SMILES string of the molecule is CCC(CC)C(NC)c1ccc(C)cc1Cl. The van der Waals surface area contributed by atoms with Crippen LogP contribution in [0.15, 0.2) is 18.2 Å². The molecule has 0 spiro atoms. The molecule has 1 rings (SSSR count). The largest absolute Gasteiger partial charge is 0.313 e. The van der Waals surface area contributed by atoms with Crippen LogP contribution in [0.5, 0.6) is 0 Å². The maximum absolute atomic E-state index is 6.32. The molecule has 0 heterocycles. The third kappa shape index (κ3) is 2.99.